The van der Waals surface area contributed by atoms with Crippen molar-refractivity contribution in [1.29, 1.82) is 0 Å². The second kappa shape index (κ2) is 5.58. The van der Waals surface area contributed by atoms with Crippen molar-refractivity contribution in [2.24, 2.45) is 39.0 Å². The molecule has 5 nitrogen and oxygen atoms in total. The highest BCUT2D eigenvalue weighted by molar-refractivity contribution is 5.92. The smallest absolute Gasteiger partial charge is 0.218 e. The molecule has 0 aromatic rings. The highest BCUT2D eigenvalue weighted by atomic mass is 15.1. The van der Waals surface area contributed by atoms with Gasteiger partial charge in [0.2, 0.25) is 5.96 Å². The van der Waals surface area contributed by atoms with E-state index in [4.69, 9.17) is 17.2 Å². The Balaban J connectivity index is 2.33. The SMILES string of the molecule is CC1CCC(CN=C(N)N=C(N)N)CC1. The minimum absolute atomic E-state index is 0.0338. The summed E-state index contributed by atoms with van der Waals surface area (Å²) < 4.78 is 0. The molecular weight excluding hydrogens is 190 g/mol. The molecule has 1 aliphatic carbocycles. The van der Waals surface area contributed by atoms with E-state index in [9.17, 15) is 0 Å². The predicted molar refractivity (Wildman–Crippen MR) is 63.4 cm³/mol. The summed E-state index contributed by atoms with van der Waals surface area (Å²) in [6.45, 7) is 3.04. The molecule has 5 heteroatoms. The van der Waals surface area contributed by atoms with Crippen molar-refractivity contribution in [3.63, 3.8) is 0 Å². The van der Waals surface area contributed by atoms with Crippen LogP contribution >= 0.6 is 0 Å². The van der Waals surface area contributed by atoms with E-state index in [-0.39, 0.29) is 11.9 Å². The van der Waals surface area contributed by atoms with Crippen LogP contribution in [0.25, 0.3) is 0 Å². The summed E-state index contributed by atoms with van der Waals surface area (Å²) in [4.78, 5) is 7.84. The lowest BCUT2D eigenvalue weighted by Gasteiger charge is -2.24. The Morgan fingerprint density at radius 3 is 2.27 bits per heavy atom. The summed E-state index contributed by atoms with van der Waals surface area (Å²) in [6, 6.07) is 0. The third kappa shape index (κ3) is 4.67. The van der Waals surface area contributed by atoms with Gasteiger partial charge in [-0.2, -0.15) is 4.99 Å². The van der Waals surface area contributed by atoms with E-state index < -0.39 is 0 Å². The number of nitrogens with two attached hydrogens (primary N) is 3. The Kier molecular flexibility index (Phi) is 4.39. The van der Waals surface area contributed by atoms with Crippen molar-refractivity contribution >= 4 is 11.9 Å². The molecule has 1 aliphatic rings. The van der Waals surface area contributed by atoms with E-state index in [0.29, 0.717) is 5.92 Å². The average molecular weight is 211 g/mol. The molecule has 0 atom stereocenters. The van der Waals surface area contributed by atoms with Crippen LogP contribution in [0.5, 0.6) is 0 Å². The fourth-order valence-electron chi connectivity index (χ4n) is 1.90. The first-order chi connectivity index (χ1) is 7.08. The van der Waals surface area contributed by atoms with E-state index in [1.54, 1.807) is 0 Å². The molecular formula is C10H21N5. The minimum atomic E-state index is -0.0338. The number of hydrogen-bond acceptors (Lipinski definition) is 1. The summed E-state index contributed by atoms with van der Waals surface area (Å²) >= 11 is 0. The molecule has 0 aromatic carbocycles. The molecule has 0 aromatic heterocycles. The molecule has 15 heavy (non-hydrogen) atoms. The molecule has 0 unspecified atom stereocenters. The maximum atomic E-state index is 5.52. The molecule has 0 heterocycles. The number of aliphatic imine (C=N–C) groups is 2. The number of rotatable bonds is 2. The van der Waals surface area contributed by atoms with Gasteiger partial charge in [-0.25, -0.2) is 0 Å². The Morgan fingerprint density at radius 1 is 1.13 bits per heavy atom. The van der Waals surface area contributed by atoms with Crippen LogP contribution in [0, 0.1) is 11.8 Å². The van der Waals surface area contributed by atoms with Crippen molar-refractivity contribution in [2.75, 3.05) is 6.54 Å². The van der Waals surface area contributed by atoms with Gasteiger partial charge in [-0.3, -0.25) is 4.99 Å². The van der Waals surface area contributed by atoms with Gasteiger partial charge in [0, 0.05) is 6.54 Å². The largest absolute Gasteiger partial charge is 0.370 e. The second-order valence-corrected chi connectivity index (χ2v) is 4.36. The van der Waals surface area contributed by atoms with Gasteiger partial charge in [0.15, 0.2) is 5.96 Å². The normalized spacial score (nSPS) is 27.4. The zero-order valence-electron chi connectivity index (χ0n) is 9.32. The third-order valence-electron chi connectivity index (χ3n) is 2.89. The van der Waals surface area contributed by atoms with Crippen LogP contribution in [0.4, 0.5) is 0 Å². The van der Waals surface area contributed by atoms with E-state index in [1.807, 2.05) is 0 Å². The van der Waals surface area contributed by atoms with Crippen molar-refractivity contribution in [3.8, 4) is 0 Å². The molecule has 0 aliphatic heterocycles. The molecule has 1 saturated carbocycles. The van der Waals surface area contributed by atoms with Crippen molar-refractivity contribution in [2.45, 2.75) is 32.6 Å². The van der Waals surface area contributed by atoms with Crippen molar-refractivity contribution in [1.82, 2.24) is 0 Å². The number of hydrogen-bond donors (Lipinski definition) is 3. The van der Waals surface area contributed by atoms with E-state index >= 15 is 0 Å². The lowest BCUT2D eigenvalue weighted by molar-refractivity contribution is 0.296. The topological polar surface area (TPSA) is 103 Å². The van der Waals surface area contributed by atoms with Gasteiger partial charge in [-0.05, 0) is 24.7 Å². The van der Waals surface area contributed by atoms with Crippen LogP contribution in [0.15, 0.2) is 9.98 Å². The summed E-state index contributed by atoms with van der Waals surface area (Å²) in [5, 5.41) is 0. The number of guanidine groups is 2. The van der Waals surface area contributed by atoms with E-state index in [2.05, 4.69) is 16.9 Å². The Bertz CT molecular complexity index is 247. The summed E-state index contributed by atoms with van der Waals surface area (Å²) in [7, 11) is 0. The van der Waals surface area contributed by atoms with Crippen LogP contribution < -0.4 is 17.2 Å². The van der Waals surface area contributed by atoms with Gasteiger partial charge < -0.3 is 17.2 Å². The third-order valence-corrected chi connectivity index (χ3v) is 2.89. The van der Waals surface area contributed by atoms with Gasteiger partial charge in [0.1, 0.15) is 0 Å². The lowest BCUT2D eigenvalue weighted by atomic mass is 9.83. The fraction of sp³-hybridized carbons (Fsp3) is 0.800. The first kappa shape index (κ1) is 11.8. The first-order valence-electron chi connectivity index (χ1n) is 5.47. The Morgan fingerprint density at radius 2 is 1.73 bits per heavy atom. The zero-order valence-corrected chi connectivity index (χ0v) is 9.32. The summed E-state index contributed by atoms with van der Waals surface area (Å²) in [5.74, 6) is 1.66. The van der Waals surface area contributed by atoms with Gasteiger partial charge in [0.05, 0.1) is 0 Å². The highest BCUT2D eigenvalue weighted by Crippen LogP contribution is 2.28. The Hall–Kier alpha value is -1.26. The molecule has 1 fully saturated rings. The van der Waals surface area contributed by atoms with Crippen LogP contribution in [0.3, 0.4) is 0 Å². The molecule has 0 radical (unpaired) electrons. The monoisotopic (exact) mass is 211 g/mol. The maximum Gasteiger partial charge on any atom is 0.218 e. The second-order valence-electron chi connectivity index (χ2n) is 4.36. The molecule has 6 N–H and O–H groups in total. The van der Waals surface area contributed by atoms with Gasteiger partial charge in [-0.15, -0.1) is 0 Å². The molecule has 86 valence electrons. The molecule has 0 saturated heterocycles. The van der Waals surface area contributed by atoms with Crippen molar-refractivity contribution < 1.29 is 0 Å². The minimum Gasteiger partial charge on any atom is -0.370 e. The van der Waals surface area contributed by atoms with E-state index in [1.165, 1.54) is 25.7 Å². The predicted octanol–water partition coefficient (Wildman–Crippen LogP) is 0.401. The quantitative estimate of drug-likeness (QED) is 0.455. The van der Waals surface area contributed by atoms with Gasteiger partial charge in [-0.1, -0.05) is 19.8 Å². The number of nitrogens with zero attached hydrogens (tertiary/aromatic N) is 2. The standard InChI is InChI=1S/C10H21N5/c1-7-2-4-8(5-3-7)6-14-10(13)15-9(11)12/h7-8H,2-6H2,1H3,(H6,11,12,13,14,15). The Labute approximate surface area is 90.8 Å². The average Bonchev–Trinajstić information content (AvgIpc) is 2.16. The van der Waals surface area contributed by atoms with Crippen LogP contribution in [-0.4, -0.2) is 18.5 Å². The fourth-order valence-corrected chi connectivity index (χ4v) is 1.90. The van der Waals surface area contributed by atoms with Crippen LogP contribution in [0.1, 0.15) is 32.6 Å². The van der Waals surface area contributed by atoms with Gasteiger partial charge in [0.25, 0.3) is 0 Å². The summed E-state index contributed by atoms with van der Waals surface area (Å²) in [5.41, 5.74) is 15.9. The lowest BCUT2D eigenvalue weighted by Crippen LogP contribution is -2.27. The zero-order chi connectivity index (χ0) is 11.3. The van der Waals surface area contributed by atoms with Gasteiger partial charge >= 0.3 is 0 Å². The highest BCUT2D eigenvalue weighted by Gasteiger charge is 2.17. The van der Waals surface area contributed by atoms with E-state index in [0.717, 1.165) is 12.5 Å². The van der Waals surface area contributed by atoms with Crippen LogP contribution in [-0.2, 0) is 0 Å². The molecule has 0 amide bonds. The summed E-state index contributed by atoms with van der Waals surface area (Å²) in [6.07, 6.45) is 5.06. The van der Waals surface area contributed by atoms with Crippen molar-refractivity contribution in [3.05, 3.63) is 0 Å². The first-order valence-corrected chi connectivity index (χ1v) is 5.47. The molecule has 1 rings (SSSR count). The maximum absolute atomic E-state index is 5.52. The molecule has 0 spiro atoms. The molecule has 0 bridgehead atoms. The van der Waals surface area contributed by atoms with Crippen LogP contribution in [0.2, 0.25) is 0 Å².